The maximum absolute atomic E-state index is 12.3. The number of pyridine rings is 3. The fourth-order valence-corrected chi connectivity index (χ4v) is 15.2. The molecule has 9 aromatic heterocycles. The van der Waals surface area contributed by atoms with Crippen LogP contribution < -0.4 is 26.6 Å². The van der Waals surface area contributed by atoms with E-state index in [4.69, 9.17) is 47.2 Å². The highest BCUT2D eigenvalue weighted by atomic mass is 32.2. The molecule has 0 spiro atoms. The number of nitrogens with zero attached hydrogens (tertiary/aromatic N) is 9. The lowest BCUT2D eigenvalue weighted by Crippen LogP contribution is -2.35. The van der Waals surface area contributed by atoms with Crippen molar-refractivity contribution in [2.24, 2.45) is 28.6 Å². The molecule has 0 unspecified atom stereocenters. The van der Waals surface area contributed by atoms with Crippen LogP contribution in [0.3, 0.4) is 0 Å². The van der Waals surface area contributed by atoms with E-state index in [9.17, 15) is 34.0 Å². The number of ether oxygens (including phenoxy) is 4. The Kier molecular flexibility index (Phi) is 22.3. The van der Waals surface area contributed by atoms with Crippen molar-refractivity contribution < 1.29 is 66.1 Å². The summed E-state index contributed by atoms with van der Waals surface area (Å²) in [7, 11) is -3.66. The average molecular weight is 1480 g/mol. The van der Waals surface area contributed by atoms with Crippen LogP contribution in [0.5, 0.6) is 0 Å². The van der Waals surface area contributed by atoms with E-state index in [2.05, 4.69) is 118 Å². The van der Waals surface area contributed by atoms with Crippen molar-refractivity contribution in [3.05, 3.63) is 89.2 Å². The minimum atomic E-state index is -3.66. The summed E-state index contributed by atoms with van der Waals surface area (Å²) in [6, 6.07) is 11.1. The van der Waals surface area contributed by atoms with Gasteiger partial charge in [-0.15, -0.1) is 0 Å². The molecule has 9 aromatic rings. The molecule has 0 amide bonds. The molecule has 2 saturated heterocycles. The van der Waals surface area contributed by atoms with Gasteiger partial charge >= 0.3 is 0 Å². The molecule has 12 atom stereocenters. The zero-order valence-corrected chi connectivity index (χ0v) is 64.6. The Labute approximate surface area is 618 Å². The molecule has 10 N–H and O–H groups in total. The van der Waals surface area contributed by atoms with E-state index >= 15 is 0 Å². The number of aryl methyl sites for hydroxylation is 6. The molecule has 0 radical (unpaired) electrons. The van der Waals surface area contributed by atoms with Crippen molar-refractivity contribution in [1.82, 2.24) is 44.9 Å². The molecule has 2 aliphatic heterocycles. The van der Waals surface area contributed by atoms with E-state index < -0.39 is 45.6 Å². The third kappa shape index (κ3) is 17.1. The number of fused-ring (bicyclic) bond motifs is 5. The van der Waals surface area contributed by atoms with Gasteiger partial charge in [0.1, 0.15) is 53.0 Å². The van der Waals surface area contributed by atoms with E-state index in [1.54, 1.807) is 25.5 Å². The lowest BCUT2D eigenvalue weighted by atomic mass is 9.97. The van der Waals surface area contributed by atoms with Gasteiger partial charge in [-0.25, -0.2) is 28.4 Å². The summed E-state index contributed by atoms with van der Waals surface area (Å²) < 4.78 is 67.8. The highest BCUT2D eigenvalue weighted by Crippen LogP contribution is 2.47. The minimum absolute atomic E-state index is 0.0149. The van der Waals surface area contributed by atoms with Gasteiger partial charge in [0.25, 0.3) is 0 Å². The van der Waals surface area contributed by atoms with Crippen molar-refractivity contribution in [3.63, 3.8) is 0 Å². The number of sulfone groups is 1. The van der Waals surface area contributed by atoms with Crippen LogP contribution in [0, 0.1) is 49.4 Å². The Morgan fingerprint density at radius 3 is 1.15 bits per heavy atom. The zero-order valence-electron chi connectivity index (χ0n) is 63.7. The lowest BCUT2D eigenvalue weighted by Gasteiger charge is -2.25. The first-order valence-electron chi connectivity index (χ1n) is 36.7. The number of furan rings is 3. The highest BCUT2D eigenvalue weighted by Gasteiger charge is 2.56. The van der Waals surface area contributed by atoms with Gasteiger partial charge < -0.3 is 84.3 Å². The van der Waals surface area contributed by atoms with Gasteiger partial charge in [-0.1, -0.05) is 62.3 Å². The summed E-state index contributed by atoms with van der Waals surface area (Å²) in [4.78, 5) is 41.1. The number of rotatable bonds is 20. The summed E-state index contributed by atoms with van der Waals surface area (Å²) in [6.45, 7) is 33.4. The summed E-state index contributed by atoms with van der Waals surface area (Å²) in [5.74, 6) is 2.30. The predicted molar refractivity (Wildman–Crippen MR) is 404 cm³/mol. The maximum Gasteiger partial charge on any atom is 0.249 e. The van der Waals surface area contributed by atoms with Gasteiger partial charge in [-0.05, 0) is 134 Å². The molecule has 5 aliphatic rings. The number of anilines is 5. The van der Waals surface area contributed by atoms with Gasteiger partial charge in [0.05, 0.1) is 88.8 Å². The summed E-state index contributed by atoms with van der Waals surface area (Å²) >= 11 is 0. The molecule has 29 heteroatoms. The normalized spacial score (nSPS) is 24.6. The first-order chi connectivity index (χ1) is 50.0. The van der Waals surface area contributed by atoms with Crippen LogP contribution in [-0.2, 0) is 48.0 Å². The van der Waals surface area contributed by atoms with Crippen LogP contribution in [0.2, 0.25) is 0 Å². The molecule has 28 nitrogen and oxygen atoms in total. The topological polar surface area (TPSA) is 388 Å². The van der Waals surface area contributed by atoms with Crippen molar-refractivity contribution in [1.29, 1.82) is 0 Å². The third-order valence-electron chi connectivity index (χ3n) is 20.0. The summed E-state index contributed by atoms with van der Waals surface area (Å²) in [5.41, 5.74) is 9.07. The van der Waals surface area contributed by atoms with Gasteiger partial charge in [0.15, 0.2) is 28.3 Å². The van der Waals surface area contributed by atoms with E-state index in [1.807, 2.05) is 78.8 Å². The first-order valence-corrected chi connectivity index (χ1v) is 38.6. The predicted octanol–water partition coefficient (Wildman–Crippen LogP) is 10.9. The number of hydrogen-bond donors (Lipinski definition) is 10. The van der Waals surface area contributed by atoms with Crippen LogP contribution >= 0.6 is 0 Å². The van der Waals surface area contributed by atoms with E-state index in [0.29, 0.717) is 106 Å². The lowest BCUT2D eigenvalue weighted by molar-refractivity contribution is -0.159. The molecule has 106 heavy (non-hydrogen) atoms. The van der Waals surface area contributed by atoms with Gasteiger partial charge in [-0.2, -0.15) is 9.97 Å². The SMILES string of the molecule is CCc1cc2cc(-c3c(C)nc(NCC(C)(C)C)nc3N[C@@H]3C[C@H](CO)[C@@H](O)[C@H]3O)oc2cn1.CCc1cc2cc(-c3c(C)nc(NCC(C)(C)C)nc3N[C@@H]3C[C@H](CO)[C@H]4OC(C)(C)O[C@H]43)oc2cn1.CCc1cc2cc(-c3c(C)nc(S(C)(=O)=O)nc3N[C@@H]3C[C@H](CO)[C@H]4OC(C)(C)O[C@H]43)oc2cn1. The van der Waals surface area contributed by atoms with Crippen molar-refractivity contribution in [3.8, 4) is 34.0 Å². The van der Waals surface area contributed by atoms with Crippen LogP contribution in [0.4, 0.5) is 29.4 Å². The van der Waals surface area contributed by atoms with Crippen LogP contribution in [0.25, 0.3) is 66.9 Å². The average Bonchev–Trinajstić information content (AvgIpc) is 1.59. The fraction of sp³-hybridized carbons (Fsp3) is 0.571. The largest absolute Gasteiger partial charge is 0.454 e. The molecule has 3 aliphatic carbocycles. The van der Waals surface area contributed by atoms with Crippen LogP contribution in [0.15, 0.2) is 73.4 Å². The van der Waals surface area contributed by atoms with Crippen LogP contribution in [-0.4, -0.2) is 184 Å². The number of hydrogen-bond acceptors (Lipinski definition) is 28. The molecule has 572 valence electrons. The molecule has 5 fully saturated rings. The second-order valence-electron chi connectivity index (χ2n) is 32.1. The van der Waals surface area contributed by atoms with Gasteiger partial charge in [0.2, 0.25) is 26.9 Å². The molecule has 11 heterocycles. The van der Waals surface area contributed by atoms with Gasteiger partial charge in [-0.3, -0.25) is 15.0 Å². The summed E-state index contributed by atoms with van der Waals surface area (Å²) in [6.07, 6.45) is 7.41. The molecule has 3 saturated carbocycles. The Morgan fingerprint density at radius 2 is 0.811 bits per heavy atom. The maximum atomic E-state index is 12.3. The second-order valence-corrected chi connectivity index (χ2v) is 34.0. The quantitative estimate of drug-likeness (QED) is 0.0317. The Balaban J connectivity index is 0.000000149. The second kappa shape index (κ2) is 30.5. The molecular weight excluding hydrogens is 1380 g/mol. The fourth-order valence-electron chi connectivity index (χ4n) is 14.6. The number of aromatic nitrogens is 9. The number of aliphatic hydroxyl groups is 5. The molecule has 0 bridgehead atoms. The number of nitrogens with one attached hydrogen (secondary N) is 5. The molecule has 0 aromatic carbocycles. The van der Waals surface area contributed by atoms with Crippen molar-refractivity contribution >= 4 is 72.1 Å². The van der Waals surface area contributed by atoms with Crippen molar-refractivity contribution in [2.45, 2.75) is 221 Å². The third-order valence-corrected chi connectivity index (χ3v) is 20.8. The first kappa shape index (κ1) is 77.5. The number of aliphatic hydroxyl groups excluding tert-OH is 5. The Morgan fingerprint density at radius 1 is 0.472 bits per heavy atom. The van der Waals surface area contributed by atoms with E-state index in [-0.39, 0.29) is 84.1 Å². The summed E-state index contributed by atoms with van der Waals surface area (Å²) in [5, 5.41) is 70.0. The standard InChI is InChI=1S/C28H39N5O4.C25H35N5O4.C24H30N4O6S/c1-8-18-9-16-11-20(35-21(16)12-29-18)22-15(2)31-26(30-14-27(3,4)5)33-25(22)32-19-10-17(13-34)23-24(19)37-28(6,7)36-23;1-6-16-7-14-9-18(34-19(14)10-26-16)20-13(2)28-24(27-12-25(3,4)5)30-23(20)29-17-8-15(11-31)21(32)22(17)33;1-6-15-7-13-9-17(32-18(13)10-25-15)19-12(2)26-23(35(5,30)31)28-22(19)27-16-8-14(11-29)20-21(16)34-24(3,4)33-20/h9,11-12,17,19,23-24,34H,8,10,13-14H2,1-7H3,(H2,30,31,32,33);7,9-10,15,17,21-22,31-33H,6,8,11-12H2,1-5H3,(H2,27,28,29,30);7,9-10,14,16,20-21,29H,6,8,11H2,1-5H3,(H,26,27,28)/t17-,19-,23-,24+;15-,17-,21-,22+;14-,16-,20-,21+/m111/s1. The minimum Gasteiger partial charge on any atom is -0.454 e. The van der Waals surface area contributed by atoms with Gasteiger partial charge in [0, 0.05) is 90.2 Å². The highest BCUT2D eigenvalue weighted by molar-refractivity contribution is 7.90. The van der Waals surface area contributed by atoms with E-state index in [0.717, 1.165) is 82.1 Å². The smallest absolute Gasteiger partial charge is 0.249 e. The molecular formula is C77H104N14O14S. The van der Waals surface area contributed by atoms with Crippen molar-refractivity contribution in [2.75, 3.05) is 65.7 Å². The van der Waals surface area contributed by atoms with Crippen LogP contribution in [0.1, 0.15) is 143 Å². The monoisotopic (exact) mass is 1480 g/mol. The molecule has 14 rings (SSSR count). The Bertz CT molecular complexity index is 4760. The Hall–Kier alpha value is -8.10. The zero-order chi connectivity index (χ0) is 76.3. The van der Waals surface area contributed by atoms with E-state index in [1.165, 1.54) is 0 Å².